The highest BCUT2D eigenvalue weighted by Crippen LogP contribution is 2.54. The Kier molecular flexibility index (Phi) is 7.73. The average molecular weight is 553 g/mol. The van der Waals surface area contributed by atoms with Crippen molar-refractivity contribution in [1.29, 1.82) is 0 Å². The molecule has 2 aromatic rings. The van der Waals surface area contributed by atoms with Crippen LogP contribution in [0.5, 0.6) is 0 Å². The van der Waals surface area contributed by atoms with E-state index in [1.807, 2.05) is 35.2 Å². The van der Waals surface area contributed by atoms with Crippen molar-refractivity contribution in [1.82, 2.24) is 15.2 Å². The molecular weight excluding hydrogens is 529 g/mol. The number of hydrogen-bond acceptors (Lipinski definition) is 10. The first kappa shape index (κ1) is 26.2. The Balaban J connectivity index is 1.58. The number of aromatic nitrogens is 2. The molecule has 4 rings (SSSR count). The van der Waals surface area contributed by atoms with Gasteiger partial charge in [-0.25, -0.2) is 23.4 Å². The largest absolute Gasteiger partial charge is 0.628 e. The Bertz CT molecular complexity index is 1250. The van der Waals surface area contributed by atoms with Crippen molar-refractivity contribution in [2.75, 3.05) is 25.7 Å². The first-order valence-electron chi connectivity index (χ1n) is 10.5. The average Bonchev–Trinajstić information content (AvgIpc) is 3.31. The number of fused-ring (bicyclic) bond motifs is 1. The highest BCUT2D eigenvalue weighted by atomic mass is 32.2. The summed E-state index contributed by atoms with van der Waals surface area (Å²) in [5.74, 6) is -1.15. The third-order valence-electron chi connectivity index (χ3n) is 5.53. The zero-order valence-corrected chi connectivity index (χ0v) is 21.7. The molecule has 15 heteroatoms. The molecule has 2 aliphatic rings. The van der Waals surface area contributed by atoms with Crippen LogP contribution in [0.1, 0.15) is 5.69 Å². The molecule has 0 unspecified atom stereocenters. The Morgan fingerprint density at radius 1 is 1.36 bits per heavy atom. The van der Waals surface area contributed by atoms with Crippen molar-refractivity contribution < 1.29 is 38.0 Å². The molecule has 4 N–H and O–H groups in total. The summed E-state index contributed by atoms with van der Waals surface area (Å²) in [6.45, 7) is 0.310. The number of rotatable bonds is 9. The lowest BCUT2D eigenvalue weighted by Crippen LogP contribution is -2.70. The van der Waals surface area contributed by atoms with Gasteiger partial charge in [-0.2, -0.15) is 0 Å². The number of nitrogen functional groups attached to an aromatic ring is 1. The minimum atomic E-state index is -3.78. The van der Waals surface area contributed by atoms with Crippen LogP contribution in [0.3, 0.4) is 0 Å². The molecule has 2 aromatic heterocycles. The monoisotopic (exact) mass is 552 g/mol. The van der Waals surface area contributed by atoms with Crippen molar-refractivity contribution in [3.63, 3.8) is 0 Å². The smallest absolute Gasteiger partial charge is 0.352 e. The van der Waals surface area contributed by atoms with Gasteiger partial charge < -0.3 is 21.1 Å². The first-order chi connectivity index (χ1) is 17.2. The summed E-state index contributed by atoms with van der Waals surface area (Å²) < 4.78 is 11.7. The van der Waals surface area contributed by atoms with Crippen molar-refractivity contribution in [2.45, 2.75) is 18.0 Å². The maximum atomic E-state index is 13.2. The Labute approximate surface area is 215 Å². The van der Waals surface area contributed by atoms with Crippen LogP contribution < -0.4 is 20.5 Å². The van der Waals surface area contributed by atoms with Crippen LogP contribution in [0.2, 0.25) is 0 Å². The quantitative estimate of drug-likeness (QED) is 0.169. The number of anilines is 1. The number of nitrogens with zero attached hydrogens (tertiary/aromatic N) is 3. The van der Waals surface area contributed by atoms with Crippen LogP contribution in [0.25, 0.3) is 5.57 Å². The number of pyridine rings is 1. The van der Waals surface area contributed by atoms with E-state index in [0.29, 0.717) is 17.9 Å². The van der Waals surface area contributed by atoms with E-state index >= 15 is 0 Å². The van der Waals surface area contributed by atoms with E-state index in [-0.39, 0.29) is 22.1 Å². The number of nitrogens with two attached hydrogens (primary N) is 1. The zero-order chi connectivity index (χ0) is 26.0. The first-order valence-corrected chi connectivity index (χ1v) is 14.0. The normalized spacial score (nSPS) is 20.1. The molecule has 0 radical (unpaired) electrons. The number of carbonyl (C=O) groups excluding carboxylic acids is 2. The molecule has 0 bridgehead atoms. The van der Waals surface area contributed by atoms with E-state index in [2.05, 4.69) is 10.3 Å². The van der Waals surface area contributed by atoms with Gasteiger partial charge in [-0.1, -0.05) is 6.07 Å². The van der Waals surface area contributed by atoms with Gasteiger partial charge in [0.25, 0.3) is 19.8 Å². The number of carboxylic acids is 1. The minimum Gasteiger partial charge on any atom is -0.628 e. The molecule has 12 nitrogen and oxygen atoms in total. The molecule has 0 aromatic carbocycles. The lowest BCUT2D eigenvalue weighted by atomic mass is 10.0. The van der Waals surface area contributed by atoms with E-state index in [0.717, 1.165) is 17.2 Å². The number of β-lactam (4-membered cyclic amide) rings is 1. The Hall–Kier alpha value is -2.87. The van der Waals surface area contributed by atoms with Crippen molar-refractivity contribution in [2.24, 2.45) is 0 Å². The maximum absolute atomic E-state index is 13.2. The third kappa shape index (κ3) is 5.14. The lowest BCUT2D eigenvalue weighted by molar-refractivity contribution is -0.689. The second kappa shape index (κ2) is 10.6. The van der Waals surface area contributed by atoms with Crippen LogP contribution in [0.4, 0.5) is 5.13 Å². The van der Waals surface area contributed by atoms with Gasteiger partial charge in [0.1, 0.15) is 28.5 Å². The van der Waals surface area contributed by atoms with E-state index < -0.39 is 37.1 Å². The van der Waals surface area contributed by atoms with Gasteiger partial charge in [0.2, 0.25) is 0 Å². The van der Waals surface area contributed by atoms with Crippen molar-refractivity contribution in [3.05, 3.63) is 58.8 Å². The van der Waals surface area contributed by atoms with Gasteiger partial charge in [0.15, 0.2) is 24.1 Å². The fourth-order valence-electron chi connectivity index (χ4n) is 3.77. The fourth-order valence-corrected chi connectivity index (χ4v) is 6.60. The van der Waals surface area contributed by atoms with Gasteiger partial charge in [0.05, 0.1) is 19.9 Å². The molecule has 2 aliphatic heterocycles. The van der Waals surface area contributed by atoms with Crippen molar-refractivity contribution in [3.8, 4) is 0 Å². The predicted molar refractivity (Wildman–Crippen MR) is 132 cm³/mol. The highest BCUT2D eigenvalue weighted by Gasteiger charge is 2.54. The fraction of sp³-hybridized carbons (Fsp3) is 0.286. The topological polar surface area (TPSA) is 171 Å². The standard InChI is InChI=1S/C21H22N5O7PS2/c1-32-34(31,33-2)9-13(14-11-36-21(22)23-14)17(27)24-15-18(28)26-16(20(29)30)12(10-35-19(15)26)8-25-6-4-3-5-7-25/h3-7,9,11,15,19H,8,10H2,1-2H3,(H3-,22,23,24,27,29,30)/p+1/b13-9+/t15-,19-/m1/s1. The molecule has 2 atom stereocenters. The molecule has 36 heavy (non-hydrogen) atoms. The molecule has 4 heterocycles. The van der Waals surface area contributed by atoms with E-state index in [9.17, 15) is 24.4 Å². The second-order valence-electron chi connectivity index (χ2n) is 7.68. The number of hydrogen-bond donors (Lipinski definition) is 3. The summed E-state index contributed by atoms with van der Waals surface area (Å²) in [4.78, 5) is 56.3. The molecule has 0 spiro atoms. The number of carboxylic acid groups (broad SMARTS) is 1. The van der Waals surface area contributed by atoms with Crippen LogP contribution in [0, 0.1) is 0 Å². The molecule has 0 saturated carbocycles. The van der Waals surface area contributed by atoms with Crippen LogP contribution >= 0.6 is 31.0 Å². The van der Waals surface area contributed by atoms with Gasteiger partial charge in [-0.05, 0) is 0 Å². The second-order valence-corrected chi connectivity index (χ2v) is 11.7. The van der Waals surface area contributed by atoms with Crippen molar-refractivity contribution >= 4 is 59.5 Å². The van der Waals surface area contributed by atoms with Gasteiger partial charge >= 0.3 is 5.97 Å². The number of aliphatic carboxylic acids is 1. The number of thioether (sulfide) groups is 1. The summed E-state index contributed by atoms with van der Waals surface area (Å²) >= 11 is 2.42. The predicted octanol–water partition coefficient (Wildman–Crippen LogP) is 0.208. The van der Waals surface area contributed by atoms with Crippen LogP contribution in [-0.2, 0) is 30.0 Å². The van der Waals surface area contributed by atoms with Gasteiger partial charge in [-0.3, -0.25) is 14.5 Å². The minimum absolute atomic E-state index is 0.0862. The molecule has 1 saturated heterocycles. The van der Waals surface area contributed by atoms with Crippen LogP contribution in [0.15, 0.2) is 53.1 Å². The maximum Gasteiger partial charge on any atom is 0.352 e. The lowest BCUT2D eigenvalue weighted by Gasteiger charge is -2.49. The molecule has 0 aliphatic carbocycles. The third-order valence-corrected chi connectivity index (χ3v) is 9.13. The number of carbonyl (C=O) groups is 3. The van der Waals surface area contributed by atoms with E-state index in [4.69, 9.17) is 14.8 Å². The SMILES string of the molecule is CO[P+]([O-])(/C=C(/C(=O)N[C@@H]1C(=O)N2C(C(=O)O)=C(C[n+]3ccccc3)CS[C@H]12)c1csc(N)n1)OC. The summed E-state index contributed by atoms with van der Waals surface area (Å²) in [6.07, 6.45) is 3.62. The Morgan fingerprint density at radius 2 is 2.06 bits per heavy atom. The molecule has 2 amide bonds. The van der Waals surface area contributed by atoms with E-state index in [1.54, 1.807) is 0 Å². The summed E-state index contributed by atoms with van der Waals surface area (Å²) in [5, 5.41) is 13.6. The van der Waals surface area contributed by atoms with Crippen LogP contribution in [-0.4, -0.2) is 64.2 Å². The van der Waals surface area contributed by atoms with Gasteiger partial charge in [-0.15, -0.1) is 23.1 Å². The number of thiazole rings is 1. The summed E-state index contributed by atoms with van der Waals surface area (Å²) in [6, 6.07) is 4.51. The summed E-state index contributed by atoms with van der Waals surface area (Å²) in [5.41, 5.74) is 6.19. The molecular formula is C21H23N5O7PS2+. The zero-order valence-electron chi connectivity index (χ0n) is 19.2. The molecule has 190 valence electrons. The van der Waals surface area contributed by atoms with E-state index in [1.165, 1.54) is 36.3 Å². The molecule has 1 fully saturated rings. The number of nitrogens with one attached hydrogen (secondary N) is 1. The number of amides is 2. The summed E-state index contributed by atoms with van der Waals surface area (Å²) in [7, 11) is -1.44. The van der Waals surface area contributed by atoms with Gasteiger partial charge in [0, 0.05) is 28.8 Å². The Morgan fingerprint density at radius 3 is 2.64 bits per heavy atom. The highest BCUT2D eigenvalue weighted by molar-refractivity contribution is 8.00.